The molecule has 0 spiro atoms. The second kappa shape index (κ2) is 5.48. The fourth-order valence-corrected chi connectivity index (χ4v) is 2.80. The van der Waals surface area contributed by atoms with Crippen LogP contribution in [0.2, 0.25) is 0 Å². The van der Waals surface area contributed by atoms with Gasteiger partial charge < -0.3 is 15.2 Å². The summed E-state index contributed by atoms with van der Waals surface area (Å²) in [6.45, 7) is 0. The van der Waals surface area contributed by atoms with E-state index < -0.39 is 5.97 Å². The molecule has 0 saturated carbocycles. The summed E-state index contributed by atoms with van der Waals surface area (Å²) in [4.78, 5) is 11.0. The Morgan fingerprint density at radius 2 is 2.14 bits per heavy atom. The molecule has 21 heavy (non-hydrogen) atoms. The number of nitrogens with one attached hydrogen (secondary N) is 1. The zero-order valence-corrected chi connectivity index (χ0v) is 11.8. The summed E-state index contributed by atoms with van der Waals surface area (Å²) in [5.74, 6) is -0.0612. The third-order valence-corrected chi connectivity index (χ3v) is 3.88. The molecule has 2 aromatic rings. The highest BCUT2D eigenvalue weighted by Gasteiger charge is 2.23. The first kappa shape index (κ1) is 13.5. The first-order valence-electron chi connectivity index (χ1n) is 6.94. The lowest BCUT2D eigenvalue weighted by Gasteiger charge is -2.16. The van der Waals surface area contributed by atoms with Gasteiger partial charge in [-0.25, -0.2) is 4.79 Å². The Balaban J connectivity index is 1.85. The third kappa shape index (κ3) is 2.70. The maximum Gasteiger partial charge on any atom is 0.335 e. The van der Waals surface area contributed by atoms with E-state index in [9.17, 15) is 4.79 Å². The highest BCUT2D eigenvalue weighted by molar-refractivity contribution is 5.88. The van der Waals surface area contributed by atoms with Crippen molar-refractivity contribution < 1.29 is 14.6 Å². The van der Waals surface area contributed by atoms with Crippen molar-refractivity contribution in [2.24, 2.45) is 0 Å². The van der Waals surface area contributed by atoms with Crippen molar-refractivity contribution in [1.82, 2.24) is 0 Å². The Hall–Kier alpha value is -2.49. The van der Waals surface area contributed by atoms with Gasteiger partial charge in [-0.05, 0) is 54.3 Å². The standard InChI is InChI=1S/C17H17NO3/c1-21-14-7-5-11-6-8-16(15(11)10-14)18-13-4-2-3-12(9-13)17(19)20/h2-5,7,9-10,16,18H,6,8H2,1H3,(H,19,20). The molecule has 0 heterocycles. The molecule has 4 nitrogen and oxygen atoms in total. The van der Waals surface area contributed by atoms with Gasteiger partial charge in [0, 0.05) is 5.69 Å². The first-order valence-corrected chi connectivity index (χ1v) is 6.94. The highest BCUT2D eigenvalue weighted by atomic mass is 16.5. The van der Waals surface area contributed by atoms with Gasteiger partial charge in [-0.1, -0.05) is 12.1 Å². The molecule has 1 aliphatic carbocycles. The van der Waals surface area contributed by atoms with E-state index in [0.717, 1.165) is 24.3 Å². The molecule has 4 heteroatoms. The van der Waals surface area contributed by atoms with Gasteiger partial charge in [-0.3, -0.25) is 0 Å². The molecule has 0 aromatic heterocycles. The number of carboxylic acids is 1. The van der Waals surface area contributed by atoms with Gasteiger partial charge in [0.15, 0.2) is 0 Å². The minimum atomic E-state index is -0.910. The molecule has 0 amide bonds. The van der Waals surface area contributed by atoms with E-state index in [2.05, 4.69) is 17.4 Å². The molecule has 0 bridgehead atoms. The van der Waals surface area contributed by atoms with Crippen molar-refractivity contribution in [2.75, 3.05) is 12.4 Å². The Labute approximate surface area is 123 Å². The van der Waals surface area contributed by atoms with Crippen LogP contribution in [0.15, 0.2) is 42.5 Å². The summed E-state index contributed by atoms with van der Waals surface area (Å²) < 4.78 is 5.28. The lowest BCUT2D eigenvalue weighted by Crippen LogP contribution is -2.08. The van der Waals surface area contributed by atoms with Crippen molar-refractivity contribution in [3.8, 4) is 5.75 Å². The van der Waals surface area contributed by atoms with Crippen LogP contribution < -0.4 is 10.1 Å². The average Bonchev–Trinajstić information content (AvgIpc) is 2.89. The maximum absolute atomic E-state index is 11.0. The van der Waals surface area contributed by atoms with Crippen LogP contribution in [0.25, 0.3) is 0 Å². The van der Waals surface area contributed by atoms with Gasteiger partial charge >= 0.3 is 5.97 Å². The molecule has 2 aromatic carbocycles. The molecular weight excluding hydrogens is 266 g/mol. The summed E-state index contributed by atoms with van der Waals surface area (Å²) in [5.41, 5.74) is 3.68. The first-order chi connectivity index (χ1) is 10.2. The van der Waals surface area contributed by atoms with Crippen LogP contribution in [-0.2, 0) is 6.42 Å². The van der Waals surface area contributed by atoms with Crippen LogP contribution >= 0.6 is 0 Å². The van der Waals surface area contributed by atoms with Gasteiger partial charge in [0.05, 0.1) is 18.7 Å². The number of fused-ring (bicyclic) bond motifs is 1. The number of hydrogen-bond donors (Lipinski definition) is 2. The number of ether oxygens (including phenoxy) is 1. The summed E-state index contributed by atoms with van der Waals surface area (Å²) in [6, 6.07) is 13.2. The van der Waals surface area contributed by atoms with Crippen molar-refractivity contribution in [2.45, 2.75) is 18.9 Å². The second-order valence-corrected chi connectivity index (χ2v) is 5.19. The third-order valence-electron chi connectivity index (χ3n) is 3.88. The summed E-state index contributed by atoms with van der Waals surface area (Å²) in [6.07, 6.45) is 2.02. The number of methoxy groups -OCH3 is 1. The zero-order valence-electron chi connectivity index (χ0n) is 11.8. The summed E-state index contributed by atoms with van der Waals surface area (Å²) >= 11 is 0. The molecule has 0 radical (unpaired) electrons. The van der Waals surface area contributed by atoms with Crippen LogP contribution in [0.4, 0.5) is 5.69 Å². The quantitative estimate of drug-likeness (QED) is 0.901. The van der Waals surface area contributed by atoms with Crippen LogP contribution in [0.1, 0.15) is 33.9 Å². The van der Waals surface area contributed by atoms with E-state index in [-0.39, 0.29) is 6.04 Å². The smallest absolute Gasteiger partial charge is 0.335 e. The van der Waals surface area contributed by atoms with Crippen molar-refractivity contribution in [1.29, 1.82) is 0 Å². The number of benzene rings is 2. The number of rotatable bonds is 4. The van der Waals surface area contributed by atoms with Crippen LogP contribution in [-0.4, -0.2) is 18.2 Å². The van der Waals surface area contributed by atoms with E-state index in [1.54, 1.807) is 25.3 Å². The summed E-state index contributed by atoms with van der Waals surface area (Å²) in [7, 11) is 1.66. The topological polar surface area (TPSA) is 58.6 Å². The van der Waals surface area contributed by atoms with Crippen LogP contribution in [0.3, 0.4) is 0 Å². The lowest BCUT2D eigenvalue weighted by molar-refractivity contribution is 0.0697. The number of anilines is 1. The number of carbonyl (C=O) groups is 1. The average molecular weight is 283 g/mol. The fourth-order valence-electron chi connectivity index (χ4n) is 2.80. The molecule has 0 fully saturated rings. The van der Waals surface area contributed by atoms with Gasteiger partial charge in [-0.15, -0.1) is 0 Å². The predicted molar refractivity (Wildman–Crippen MR) is 81.1 cm³/mol. The van der Waals surface area contributed by atoms with Gasteiger partial charge in [-0.2, -0.15) is 0 Å². The Kier molecular flexibility index (Phi) is 3.52. The number of aromatic carboxylic acids is 1. The van der Waals surface area contributed by atoms with Gasteiger partial charge in [0.25, 0.3) is 0 Å². The molecule has 0 saturated heterocycles. The molecular formula is C17H17NO3. The highest BCUT2D eigenvalue weighted by Crippen LogP contribution is 2.36. The minimum absolute atomic E-state index is 0.194. The molecule has 1 atom stereocenters. The van der Waals surface area contributed by atoms with Crippen molar-refractivity contribution in [3.05, 3.63) is 59.2 Å². The van der Waals surface area contributed by atoms with E-state index in [0.29, 0.717) is 5.56 Å². The fraction of sp³-hybridized carbons (Fsp3) is 0.235. The number of carboxylic acid groups (broad SMARTS) is 1. The van der Waals surface area contributed by atoms with E-state index in [1.165, 1.54) is 11.1 Å². The lowest BCUT2D eigenvalue weighted by atomic mass is 10.1. The largest absolute Gasteiger partial charge is 0.497 e. The molecule has 0 aliphatic heterocycles. The Morgan fingerprint density at radius 3 is 2.90 bits per heavy atom. The molecule has 3 rings (SSSR count). The van der Waals surface area contributed by atoms with Crippen molar-refractivity contribution >= 4 is 11.7 Å². The van der Waals surface area contributed by atoms with Crippen LogP contribution in [0, 0.1) is 0 Å². The van der Waals surface area contributed by atoms with Crippen LogP contribution in [0.5, 0.6) is 5.75 Å². The number of aryl methyl sites for hydroxylation is 1. The van der Waals surface area contributed by atoms with Gasteiger partial charge in [0.1, 0.15) is 5.75 Å². The van der Waals surface area contributed by atoms with E-state index in [1.807, 2.05) is 12.1 Å². The maximum atomic E-state index is 11.0. The molecule has 2 N–H and O–H groups in total. The molecule has 108 valence electrons. The Morgan fingerprint density at radius 1 is 1.29 bits per heavy atom. The monoisotopic (exact) mass is 283 g/mol. The number of hydrogen-bond acceptors (Lipinski definition) is 3. The minimum Gasteiger partial charge on any atom is -0.497 e. The zero-order chi connectivity index (χ0) is 14.8. The molecule has 1 unspecified atom stereocenters. The normalized spacial score (nSPS) is 16.3. The second-order valence-electron chi connectivity index (χ2n) is 5.19. The molecule has 1 aliphatic rings. The Bertz CT molecular complexity index is 681. The van der Waals surface area contributed by atoms with E-state index >= 15 is 0 Å². The van der Waals surface area contributed by atoms with Gasteiger partial charge in [0.2, 0.25) is 0 Å². The van der Waals surface area contributed by atoms with E-state index in [4.69, 9.17) is 9.84 Å². The summed E-state index contributed by atoms with van der Waals surface area (Å²) in [5, 5.41) is 12.5. The SMILES string of the molecule is COc1ccc2c(c1)C(Nc1cccc(C(=O)O)c1)CC2. The predicted octanol–water partition coefficient (Wildman–Crippen LogP) is 3.49. The van der Waals surface area contributed by atoms with Crippen molar-refractivity contribution in [3.63, 3.8) is 0 Å².